The van der Waals surface area contributed by atoms with E-state index in [2.05, 4.69) is 17.9 Å². The Hall–Kier alpha value is -2.90. The molecule has 0 amide bonds. The summed E-state index contributed by atoms with van der Waals surface area (Å²) in [4.78, 5) is 38.2. The number of carbonyl (C=O) groups excluding carboxylic acids is 1. The Morgan fingerprint density at radius 1 is 0.842 bits per heavy atom. The van der Waals surface area contributed by atoms with Gasteiger partial charge in [0.1, 0.15) is 0 Å². The molecule has 0 aromatic carbocycles. The van der Waals surface area contributed by atoms with Crippen molar-refractivity contribution >= 4 is 23.9 Å². The maximum atomic E-state index is 9.84. The Balaban J connectivity index is -0.000000209. The molecule has 0 radical (unpaired) electrons. The van der Waals surface area contributed by atoms with Gasteiger partial charge in [-0.3, -0.25) is 0 Å². The summed E-state index contributed by atoms with van der Waals surface area (Å²) < 4.78 is 4.14. The smallest absolute Gasteiger partial charge is 0.329 e. The van der Waals surface area contributed by atoms with Crippen LogP contribution in [-0.2, 0) is 23.9 Å². The highest BCUT2D eigenvalue weighted by Gasteiger charge is 1.88. The van der Waals surface area contributed by atoms with Crippen LogP contribution in [-0.4, -0.2) is 46.3 Å². The van der Waals surface area contributed by atoms with Gasteiger partial charge in [-0.05, 0) is 0 Å². The fourth-order valence-electron chi connectivity index (χ4n) is 0.226. The molecule has 8 heteroatoms. The Bertz CT molecular complexity index is 351. The van der Waals surface area contributed by atoms with Crippen LogP contribution in [0.4, 0.5) is 0 Å². The molecule has 0 aromatic heterocycles. The molecule has 3 N–H and O–H groups in total. The predicted molar refractivity (Wildman–Crippen MR) is 64.5 cm³/mol. The van der Waals surface area contributed by atoms with E-state index in [1.54, 1.807) is 0 Å². The highest BCUT2D eigenvalue weighted by atomic mass is 16.5. The molecule has 8 nitrogen and oxygen atoms in total. The zero-order valence-electron chi connectivity index (χ0n) is 10.1. The third-order valence-corrected chi connectivity index (χ3v) is 0.911. The van der Waals surface area contributed by atoms with Gasteiger partial charge in [0.15, 0.2) is 0 Å². The lowest BCUT2D eigenvalue weighted by molar-refractivity contribution is -0.135. The number of hydrogen-bond acceptors (Lipinski definition) is 5. The van der Waals surface area contributed by atoms with Crippen molar-refractivity contribution in [3.05, 3.63) is 37.5 Å². The van der Waals surface area contributed by atoms with Crippen LogP contribution in [0.3, 0.4) is 0 Å². The van der Waals surface area contributed by atoms with E-state index in [0.717, 1.165) is 12.2 Å². The first kappa shape index (κ1) is 21.4. The number of carbonyl (C=O) groups is 4. The van der Waals surface area contributed by atoms with Crippen LogP contribution in [0.1, 0.15) is 0 Å². The van der Waals surface area contributed by atoms with Crippen molar-refractivity contribution in [2.24, 2.45) is 0 Å². The summed E-state index contributed by atoms with van der Waals surface area (Å²) in [6, 6.07) is 0. The van der Waals surface area contributed by atoms with Gasteiger partial charge in [-0.15, -0.1) is 0 Å². The third-order valence-electron chi connectivity index (χ3n) is 0.911. The van der Waals surface area contributed by atoms with Gasteiger partial charge in [-0.2, -0.15) is 0 Å². The van der Waals surface area contributed by atoms with Gasteiger partial charge in [-0.25, -0.2) is 19.2 Å². The van der Waals surface area contributed by atoms with Crippen LogP contribution < -0.4 is 0 Å². The number of hydrogen-bond donors (Lipinski definition) is 3. The maximum Gasteiger partial charge on any atom is 0.329 e. The Labute approximate surface area is 108 Å². The summed E-state index contributed by atoms with van der Waals surface area (Å²) in [6.07, 6.45) is 3.06. The van der Waals surface area contributed by atoms with Crippen molar-refractivity contribution in [3.8, 4) is 0 Å². The molecule has 0 bridgehead atoms. The average Bonchev–Trinajstić information content (AvgIpc) is 2.36. The highest BCUT2D eigenvalue weighted by molar-refractivity contribution is 5.89. The molecule has 0 saturated carbocycles. The molecule has 0 heterocycles. The lowest BCUT2D eigenvalue weighted by Crippen LogP contribution is -1.91. The van der Waals surface area contributed by atoms with E-state index >= 15 is 0 Å². The lowest BCUT2D eigenvalue weighted by atomic mass is 10.5. The summed E-state index contributed by atoms with van der Waals surface area (Å²) >= 11 is 0. The quantitative estimate of drug-likeness (QED) is 0.492. The minimum absolute atomic E-state index is 0.394. The van der Waals surface area contributed by atoms with Gasteiger partial charge in [0.2, 0.25) is 0 Å². The molecule has 0 saturated heterocycles. The first-order chi connectivity index (χ1) is 8.70. The van der Waals surface area contributed by atoms with Crippen molar-refractivity contribution in [1.82, 2.24) is 0 Å². The minimum atomic E-state index is -1.26. The van der Waals surface area contributed by atoms with Crippen molar-refractivity contribution in [1.29, 1.82) is 0 Å². The summed E-state index contributed by atoms with van der Waals surface area (Å²) in [6.45, 7) is 6.12. The predicted octanol–water partition coefficient (Wildman–Crippen LogP) is 0.314. The minimum Gasteiger partial charge on any atom is -0.478 e. The van der Waals surface area contributed by atoms with Crippen molar-refractivity contribution < 1.29 is 39.2 Å². The molecule has 0 aliphatic carbocycles. The van der Waals surface area contributed by atoms with Crippen molar-refractivity contribution in [3.63, 3.8) is 0 Å². The van der Waals surface area contributed by atoms with Gasteiger partial charge in [0, 0.05) is 24.3 Å². The van der Waals surface area contributed by atoms with E-state index in [9.17, 15) is 19.2 Å². The van der Waals surface area contributed by atoms with E-state index in [4.69, 9.17) is 15.3 Å². The number of ether oxygens (including phenoxy) is 1. The van der Waals surface area contributed by atoms with E-state index in [1.165, 1.54) is 7.11 Å². The lowest BCUT2D eigenvalue weighted by Gasteiger charge is -1.83. The topological polar surface area (TPSA) is 138 Å². The molecule has 0 fully saturated rings. The van der Waals surface area contributed by atoms with E-state index in [-0.39, 0.29) is 0 Å². The summed E-state index contributed by atoms with van der Waals surface area (Å²) in [7, 11) is 1.31. The Morgan fingerprint density at radius 3 is 1.21 bits per heavy atom. The van der Waals surface area contributed by atoms with Crippen LogP contribution in [0, 0.1) is 0 Å². The second kappa shape index (κ2) is 15.1. The van der Waals surface area contributed by atoms with Gasteiger partial charge >= 0.3 is 23.9 Å². The van der Waals surface area contributed by atoms with E-state index in [0.29, 0.717) is 12.2 Å². The molecule has 0 spiro atoms. The van der Waals surface area contributed by atoms with Gasteiger partial charge < -0.3 is 20.1 Å². The van der Waals surface area contributed by atoms with Crippen LogP contribution >= 0.6 is 0 Å². The Morgan fingerprint density at radius 2 is 1.16 bits per heavy atom. The van der Waals surface area contributed by atoms with Crippen LogP contribution in [0.25, 0.3) is 0 Å². The number of carboxylic acids is 3. The number of methoxy groups -OCH3 is 1. The second-order valence-electron chi connectivity index (χ2n) is 2.28. The van der Waals surface area contributed by atoms with Crippen LogP contribution in [0.2, 0.25) is 0 Å². The molecular weight excluding hydrogens is 260 g/mol. The fourth-order valence-corrected chi connectivity index (χ4v) is 0.226. The van der Waals surface area contributed by atoms with E-state index < -0.39 is 23.9 Å². The molecule has 0 atom stereocenters. The number of esters is 1. The molecule has 19 heavy (non-hydrogen) atoms. The van der Waals surface area contributed by atoms with Crippen molar-refractivity contribution in [2.45, 2.75) is 0 Å². The van der Waals surface area contributed by atoms with Gasteiger partial charge in [0.25, 0.3) is 0 Å². The summed E-state index contributed by atoms with van der Waals surface area (Å²) in [5.74, 6) is -3.89. The van der Waals surface area contributed by atoms with Crippen LogP contribution in [0.15, 0.2) is 37.5 Å². The largest absolute Gasteiger partial charge is 0.478 e. The molecule has 0 aliphatic heterocycles. The SMILES string of the molecule is C=CC(=O)O.C=CC(=O)OC.O=C(O)/C=C\C(=O)O. The van der Waals surface area contributed by atoms with Crippen LogP contribution in [0.5, 0.6) is 0 Å². The number of aliphatic carboxylic acids is 3. The molecule has 0 aromatic rings. The Kier molecular flexibility index (Phi) is 17.0. The number of carboxylic acid groups (broad SMARTS) is 3. The molecule has 0 aliphatic rings. The molecular formula is C11H14O8. The second-order valence-corrected chi connectivity index (χ2v) is 2.28. The first-order valence-electron chi connectivity index (χ1n) is 4.40. The zero-order chi connectivity index (χ0) is 15.8. The maximum absolute atomic E-state index is 9.84. The first-order valence-corrected chi connectivity index (χ1v) is 4.40. The van der Waals surface area contributed by atoms with E-state index in [1.807, 2.05) is 0 Å². The monoisotopic (exact) mass is 274 g/mol. The highest BCUT2D eigenvalue weighted by Crippen LogP contribution is 1.70. The van der Waals surface area contributed by atoms with Crippen molar-refractivity contribution in [2.75, 3.05) is 7.11 Å². The average molecular weight is 274 g/mol. The molecule has 106 valence electrons. The molecule has 0 unspecified atom stereocenters. The zero-order valence-corrected chi connectivity index (χ0v) is 10.1. The number of rotatable bonds is 4. The van der Waals surface area contributed by atoms with Gasteiger partial charge in [-0.1, -0.05) is 13.2 Å². The standard InChI is InChI=1S/C4H4O4.C4H6O2.C3H4O2/c5-3(6)1-2-4(7)8;1-3-4(5)6-2;1-2-3(4)5/h1-2H,(H,5,6)(H,7,8);3H,1H2,2H3;2H,1H2,(H,4,5)/b2-1-;;. The third kappa shape index (κ3) is 39.5. The molecule has 0 rings (SSSR count). The summed E-state index contributed by atoms with van der Waals surface area (Å²) in [5.41, 5.74) is 0. The van der Waals surface area contributed by atoms with Gasteiger partial charge in [0.05, 0.1) is 7.11 Å². The summed E-state index contributed by atoms with van der Waals surface area (Å²) in [5, 5.41) is 23.2. The fraction of sp³-hybridized carbons (Fsp3) is 0.0909. The normalized spacial score (nSPS) is 7.84.